The molecule has 14 rings (SSSR count). The monoisotopic (exact) mass is 1050 g/mol. The number of para-hydroxylation sites is 7. The van der Waals surface area contributed by atoms with Crippen LogP contribution in [0.5, 0.6) is 0 Å². The van der Waals surface area contributed by atoms with Crippen molar-refractivity contribution in [2.24, 2.45) is 0 Å². The second-order valence-corrected chi connectivity index (χ2v) is 18.2. The van der Waals surface area contributed by atoms with Gasteiger partial charge >= 0.3 is 0 Å². The van der Waals surface area contributed by atoms with Crippen molar-refractivity contribution in [3.63, 3.8) is 0 Å². The summed E-state index contributed by atoms with van der Waals surface area (Å²) in [6, 6.07) is 98.9. The summed E-state index contributed by atoms with van der Waals surface area (Å²) in [5.74, 6) is 0. The van der Waals surface area contributed by atoms with Gasteiger partial charge in [0.05, 0.1) is 33.1 Å². The van der Waals surface area contributed by atoms with Crippen molar-refractivity contribution in [3.8, 4) is 17.1 Å². The van der Waals surface area contributed by atoms with E-state index in [2.05, 4.69) is 296 Å². The van der Waals surface area contributed by atoms with Crippen molar-refractivity contribution < 1.29 is 0 Å². The Morgan fingerprint density at radius 2 is 0.438 bits per heavy atom. The summed E-state index contributed by atoms with van der Waals surface area (Å²) in [5.41, 5.74) is 16.9. The molecule has 0 aliphatic heterocycles. The second-order valence-electron chi connectivity index (χ2n) is 18.2. The molecular formula is C66H46BIN5. The molecule has 0 fully saturated rings. The summed E-state index contributed by atoms with van der Waals surface area (Å²) in [6.45, 7) is 0. The average Bonchev–Trinajstić information content (AvgIpc) is 4.07. The maximum Gasteiger partial charge on any atom is 0.0542 e. The Labute approximate surface area is 442 Å². The van der Waals surface area contributed by atoms with Crippen LogP contribution >= 0.6 is 24.0 Å². The fourth-order valence-corrected chi connectivity index (χ4v) is 11.1. The minimum Gasteiger partial charge on any atom is -0.310 e. The molecule has 0 N–H and O–H groups in total. The fraction of sp³-hybridized carbons (Fsp3) is 0. The third-order valence-corrected chi connectivity index (χ3v) is 14.1. The van der Waals surface area contributed by atoms with E-state index in [1.165, 1.54) is 54.4 Å². The SMILES string of the molecule is I.[B].c1ccc(N(c2ccc3c(c2)c2ccccc2n3-c2ccccc2)c2ccc3c(c2)c2cc(N(c4ccccc4)c4ccc5c(c4)c4ccccc4n5-c4ccccc4)ccc2n3-c2ccccc2)cc1. The first-order valence-corrected chi connectivity index (χ1v) is 24.3. The Bertz CT molecular complexity index is 4030. The van der Waals surface area contributed by atoms with Crippen LogP contribution in [-0.2, 0) is 0 Å². The van der Waals surface area contributed by atoms with Crippen LogP contribution in [-0.4, -0.2) is 22.1 Å². The lowest BCUT2D eigenvalue weighted by atomic mass is 10.1. The Morgan fingerprint density at radius 1 is 0.205 bits per heavy atom. The molecule has 3 heterocycles. The standard InChI is InChI=1S/C66H45N5.B.HI/c1-6-20-46(21-7-1)67(51-34-38-63-57(42-51)55-30-16-18-32-61(55)69(63)48-24-10-3-11-25-48)53-36-40-65-59(44-53)60-45-54(37-41-66(60)71(65)50-28-14-5-15-29-50)68(47-22-8-2-9-23-47)52-35-39-64-58(43-52)56-31-17-19-33-62(56)70(64)49-26-12-4-13-27-49;;/h1-45H;;1H. The number of nitrogens with zero attached hydrogens (tertiary/aromatic N) is 5. The van der Waals surface area contributed by atoms with Crippen LogP contribution in [0.25, 0.3) is 82.5 Å². The molecule has 14 aromatic rings. The third-order valence-electron chi connectivity index (χ3n) is 14.1. The molecule has 0 bridgehead atoms. The fourth-order valence-electron chi connectivity index (χ4n) is 11.1. The van der Waals surface area contributed by atoms with E-state index in [1.54, 1.807) is 0 Å². The lowest BCUT2D eigenvalue weighted by molar-refractivity contribution is 1.18. The zero-order valence-electron chi connectivity index (χ0n) is 39.7. The van der Waals surface area contributed by atoms with Gasteiger partial charge in [-0.05, 0) is 146 Å². The largest absolute Gasteiger partial charge is 0.310 e. The van der Waals surface area contributed by atoms with Crippen molar-refractivity contribution in [1.29, 1.82) is 0 Å². The smallest absolute Gasteiger partial charge is 0.0542 e. The van der Waals surface area contributed by atoms with Crippen LogP contribution < -0.4 is 9.80 Å². The summed E-state index contributed by atoms with van der Waals surface area (Å²) in [4.78, 5) is 4.81. The lowest BCUT2D eigenvalue weighted by Gasteiger charge is -2.26. The van der Waals surface area contributed by atoms with E-state index in [-0.39, 0.29) is 32.4 Å². The van der Waals surface area contributed by atoms with Crippen LogP contribution in [0, 0.1) is 0 Å². The van der Waals surface area contributed by atoms with Gasteiger partial charge < -0.3 is 23.5 Å². The van der Waals surface area contributed by atoms with Gasteiger partial charge in [-0.3, -0.25) is 0 Å². The normalized spacial score (nSPS) is 11.3. The minimum absolute atomic E-state index is 0. The highest BCUT2D eigenvalue weighted by Gasteiger charge is 2.23. The number of hydrogen-bond acceptors (Lipinski definition) is 2. The number of benzene rings is 11. The molecule has 0 aliphatic carbocycles. The van der Waals surface area contributed by atoms with Gasteiger partial charge in [-0.15, -0.1) is 24.0 Å². The summed E-state index contributed by atoms with van der Waals surface area (Å²) in [5, 5.41) is 7.19. The van der Waals surface area contributed by atoms with E-state index >= 15 is 0 Å². The van der Waals surface area contributed by atoms with Gasteiger partial charge in [-0.25, -0.2) is 0 Å². The van der Waals surface area contributed by atoms with E-state index in [9.17, 15) is 0 Å². The molecule has 3 radical (unpaired) electrons. The Kier molecular flexibility index (Phi) is 11.7. The van der Waals surface area contributed by atoms with E-state index in [0.29, 0.717) is 0 Å². The minimum atomic E-state index is 0. The number of hydrogen-bond donors (Lipinski definition) is 0. The van der Waals surface area contributed by atoms with Gasteiger partial charge in [0, 0.05) is 91.9 Å². The van der Waals surface area contributed by atoms with Crippen molar-refractivity contribution >= 4 is 132 Å². The highest BCUT2D eigenvalue weighted by atomic mass is 127. The van der Waals surface area contributed by atoms with Crippen molar-refractivity contribution in [3.05, 3.63) is 273 Å². The van der Waals surface area contributed by atoms with Crippen LogP contribution in [0.4, 0.5) is 34.1 Å². The summed E-state index contributed by atoms with van der Waals surface area (Å²) in [7, 11) is 0. The summed E-state index contributed by atoms with van der Waals surface area (Å²) < 4.78 is 7.17. The maximum absolute atomic E-state index is 2.41. The van der Waals surface area contributed by atoms with E-state index < -0.39 is 0 Å². The topological polar surface area (TPSA) is 21.3 Å². The van der Waals surface area contributed by atoms with Crippen LogP contribution in [0.3, 0.4) is 0 Å². The molecule has 0 saturated heterocycles. The van der Waals surface area contributed by atoms with Gasteiger partial charge in [0.15, 0.2) is 0 Å². The quantitative estimate of drug-likeness (QED) is 0.106. The van der Waals surface area contributed by atoms with Crippen LogP contribution in [0.1, 0.15) is 0 Å². The van der Waals surface area contributed by atoms with Gasteiger partial charge in [0.1, 0.15) is 0 Å². The van der Waals surface area contributed by atoms with E-state index in [0.717, 1.165) is 62.2 Å². The number of fused-ring (bicyclic) bond motifs is 9. The summed E-state index contributed by atoms with van der Waals surface area (Å²) in [6.07, 6.45) is 0. The molecule has 0 amide bonds. The highest BCUT2D eigenvalue weighted by molar-refractivity contribution is 14.0. The zero-order valence-corrected chi connectivity index (χ0v) is 42.0. The predicted octanol–water partition coefficient (Wildman–Crippen LogP) is 18.2. The van der Waals surface area contributed by atoms with Crippen molar-refractivity contribution in [2.75, 3.05) is 9.80 Å². The van der Waals surface area contributed by atoms with Gasteiger partial charge in [0.25, 0.3) is 0 Å². The molecule has 3 aromatic heterocycles. The first-order chi connectivity index (χ1) is 35.2. The summed E-state index contributed by atoms with van der Waals surface area (Å²) >= 11 is 0. The molecule has 73 heavy (non-hydrogen) atoms. The highest BCUT2D eigenvalue weighted by Crippen LogP contribution is 2.45. The molecule has 345 valence electrons. The lowest BCUT2D eigenvalue weighted by Crippen LogP contribution is -2.10. The Hall–Kier alpha value is -8.79. The molecule has 0 unspecified atom stereocenters. The molecule has 11 aromatic carbocycles. The van der Waals surface area contributed by atoms with Crippen LogP contribution in [0.15, 0.2) is 273 Å². The van der Waals surface area contributed by atoms with Gasteiger partial charge in [-0.1, -0.05) is 127 Å². The number of anilines is 6. The molecule has 0 aliphatic rings. The van der Waals surface area contributed by atoms with Gasteiger partial charge in [-0.2, -0.15) is 0 Å². The predicted molar refractivity (Wildman–Crippen MR) is 320 cm³/mol. The molecular weight excluding hydrogens is 1000 g/mol. The molecule has 0 atom stereocenters. The number of halogens is 1. The maximum atomic E-state index is 2.41. The Morgan fingerprint density at radius 3 is 0.740 bits per heavy atom. The average molecular weight is 1050 g/mol. The first-order valence-electron chi connectivity index (χ1n) is 24.3. The molecule has 5 nitrogen and oxygen atoms in total. The van der Waals surface area contributed by atoms with E-state index in [1.807, 2.05) is 0 Å². The molecule has 0 saturated carbocycles. The van der Waals surface area contributed by atoms with Gasteiger partial charge in [0.2, 0.25) is 0 Å². The first kappa shape index (κ1) is 45.4. The third kappa shape index (κ3) is 7.54. The number of rotatable bonds is 9. The zero-order chi connectivity index (χ0) is 46.8. The second kappa shape index (κ2) is 18.8. The van der Waals surface area contributed by atoms with Crippen molar-refractivity contribution in [2.45, 2.75) is 0 Å². The van der Waals surface area contributed by atoms with E-state index in [4.69, 9.17) is 0 Å². The van der Waals surface area contributed by atoms with Crippen molar-refractivity contribution in [1.82, 2.24) is 13.7 Å². The molecule has 0 spiro atoms. The molecule has 7 heteroatoms. The van der Waals surface area contributed by atoms with Crippen LogP contribution in [0.2, 0.25) is 0 Å². The number of aromatic nitrogens is 3. The Balaban J connectivity index is 0.00000271.